The zero-order valence-electron chi connectivity index (χ0n) is 11.2. The van der Waals surface area contributed by atoms with E-state index in [1.54, 1.807) is 12.4 Å². The van der Waals surface area contributed by atoms with Crippen molar-refractivity contribution in [3.05, 3.63) is 55.4 Å². The fraction of sp³-hybridized carbons (Fsp3) is 0.308. The van der Waals surface area contributed by atoms with Crippen molar-refractivity contribution >= 4 is 21.7 Å². The van der Waals surface area contributed by atoms with E-state index in [1.807, 2.05) is 26.0 Å². The third-order valence-corrected chi connectivity index (χ3v) is 3.27. The molecule has 0 atom stereocenters. The first-order valence-electron chi connectivity index (χ1n) is 6.17. The van der Waals surface area contributed by atoms with E-state index in [2.05, 4.69) is 31.2 Å². The number of rotatable bonds is 4. The highest BCUT2D eigenvalue weighted by atomic mass is 79.9. The highest BCUT2D eigenvalue weighted by Gasteiger charge is 2.07. The van der Waals surface area contributed by atoms with Crippen molar-refractivity contribution in [2.75, 3.05) is 5.32 Å². The Bertz CT molecular complexity index is 721. The second-order valence-corrected chi connectivity index (χ2v) is 5.54. The molecule has 106 valence electrons. The Labute approximate surface area is 124 Å². The number of hydrogen-bond acceptors (Lipinski definition) is 4. The average molecular weight is 339 g/mol. The summed E-state index contributed by atoms with van der Waals surface area (Å²) in [5.74, 6) is 0.654. The van der Waals surface area contributed by atoms with Crippen molar-refractivity contribution in [3.63, 3.8) is 0 Å². The minimum absolute atomic E-state index is 0.0119. The summed E-state index contributed by atoms with van der Waals surface area (Å²) in [4.78, 5) is 29.8. The lowest BCUT2D eigenvalue weighted by atomic mass is 10.3. The fourth-order valence-electron chi connectivity index (χ4n) is 1.72. The topological polar surface area (TPSA) is 79.8 Å². The van der Waals surface area contributed by atoms with E-state index in [0.29, 0.717) is 17.9 Å². The summed E-state index contributed by atoms with van der Waals surface area (Å²) < 4.78 is 2.39. The lowest BCUT2D eigenvalue weighted by Crippen LogP contribution is -2.33. The van der Waals surface area contributed by atoms with Gasteiger partial charge in [0.2, 0.25) is 0 Å². The maximum atomic E-state index is 11.8. The second-order valence-electron chi connectivity index (χ2n) is 4.63. The SMILES string of the molecule is CC(C)n1cc(CNc2cc(Br)ccn2)c(=O)[nH]c1=O. The quantitative estimate of drug-likeness (QED) is 0.892. The van der Waals surface area contributed by atoms with Gasteiger partial charge in [-0.1, -0.05) is 15.9 Å². The van der Waals surface area contributed by atoms with E-state index in [-0.39, 0.29) is 11.6 Å². The minimum atomic E-state index is -0.394. The Morgan fingerprint density at radius 2 is 2.20 bits per heavy atom. The van der Waals surface area contributed by atoms with Crippen molar-refractivity contribution in [2.45, 2.75) is 26.4 Å². The van der Waals surface area contributed by atoms with E-state index >= 15 is 0 Å². The normalized spacial score (nSPS) is 10.8. The van der Waals surface area contributed by atoms with E-state index in [0.717, 1.165) is 4.47 Å². The van der Waals surface area contributed by atoms with E-state index in [4.69, 9.17) is 0 Å². The molecule has 0 aliphatic heterocycles. The summed E-state index contributed by atoms with van der Waals surface area (Å²) >= 11 is 3.35. The molecule has 0 aliphatic rings. The molecule has 0 unspecified atom stereocenters. The van der Waals surface area contributed by atoms with Gasteiger partial charge in [-0.05, 0) is 26.0 Å². The number of halogens is 1. The molecular weight excluding hydrogens is 324 g/mol. The summed E-state index contributed by atoms with van der Waals surface area (Å²) in [6, 6.07) is 3.62. The van der Waals surface area contributed by atoms with Crippen molar-refractivity contribution < 1.29 is 0 Å². The van der Waals surface area contributed by atoms with Crippen LogP contribution in [0.2, 0.25) is 0 Å². The standard InChI is InChI=1S/C13H15BrN4O2/c1-8(2)18-7-9(12(19)17-13(18)20)6-16-11-5-10(14)3-4-15-11/h3-5,7-8H,6H2,1-2H3,(H,15,16)(H,17,19,20). The molecule has 0 bridgehead atoms. The lowest BCUT2D eigenvalue weighted by Gasteiger charge is -2.11. The monoisotopic (exact) mass is 338 g/mol. The van der Waals surface area contributed by atoms with Crippen LogP contribution in [0.4, 0.5) is 5.82 Å². The molecule has 7 heteroatoms. The summed E-state index contributed by atoms with van der Waals surface area (Å²) in [5, 5.41) is 3.05. The molecule has 0 aliphatic carbocycles. The van der Waals surface area contributed by atoms with Gasteiger partial charge in [0.25, 0.3) is 5.56 Å². The summed E-state index contributed by atoms with van der Waals surface area (Å²) in [6.45, 7) is 4.06. The Balaban J connectivity index is 2.23. The van der Waals surface area contributed by atoms with Crippen LogP contribution in [0.15, 0.2) is 38.6 Å². The number of H-pyrrole nitrogens is 1. The van der Waals surface area contributed by atoms with Crippen molar-refractivity contribution in [1.82, 2.24) is 14.5 Å². The van der Waals surface area contributed by atoms with Gasteiger partial charge in [0, 0.05) is 29.5 Å². The number of hydrogen-bond donors (Lipinski definition) is 2. The van der Waals surface area contributed by atoms with Gasteiger partial charge in [-0.25, -0.2) is 9.78 Å². The molecule has 0 spiro atoms. The number of pyridine rings is 1. The maximum Gasteiger partial charge on any atom is 0.328 e. The zero-order chi connectivity index (χ0) is 14.7. The molecule has 2 aromatic heterocycles. The van der Waals surface area contributed by atoms with Gasteiger partial charge < -0.3 is 5.32 Å². The van der Waals surface area contributed by atoms with Gasteiger partial charge in [-0.15, -0.1) is 0 Å². The molecule has 0 radical (unpaired) electrons. The van der Waals surface area contributed by atoms with Crippen molar-refractivity contribution in [1.29, 1.82) is 0 Å². The first-order valence-corrected chi connectivity index (χ1v) is 6.96. The van der Waals surface area contributed by atoms with Crippen LogP contribution in [-0.4, -0.2) is 14.5 Å². The molecule has 20 heavy (non-hydrogen) atoms. The Kier molecular flexibility index (Phi) is 4.39. The maximum absolute atomic E-state index is 11.8. The van der Waals surface area contributed by atoms with Crippen LogP contribution in [0.3, 0.4) is 0 Å². The van der Waals surface area contributed by atoms with Gasteiger partial charge in [0.1, 0.15) is 5.82 Å². The van der Waals surface area contributed by atoms with Crippen LogP contribution < -0.4 is 16.6 Å². The van der Waals surface area contributed by atoms with Crippen LogP contribution in [0.1, 0.15) is 25.5 Å². The fourth-order valence-corrected chi connectivity index (χ4v) is 2.06. The number of aromatic nitrogens is 3. The molecule has 2 aromatic rings. The molecule has 2 heterocycles. The smallest absolute Gasteiger partial charge is 0.328 e. The largest absolute Gasteiger partial charge is 0.366 e. The molecule has 6 nitrogen and oxygen atoms in total. The molecule has 0 fully saturated rings. The van der Waals surface area contributed by atoms with Crippen LogP contribution in [0, 0.1) is 0 Å². The summed E-state index contributed by atoms with van der Waals surface area (Å²) in [5.41, 5.74) is -0.288. The molecular formula is C13H15BrN4O2. The van der Waals surface area contributed by atoms with Gasteiger partial charge in [-0.2, -0.15) is 0 Å². The van der Waals surface area contributed by atoms with Crippen molar-refractivity contribution in [3.8, 4) is 0 Å². The minimum Gasteiger partial charge on any atom is -0.366 e. The Morgan fingerprint density at radius 1 is 1.45 bits per heavy atom. The predicted molar refractivity (Wildman–Crippen MR) is 81.0 cm³/mol. The van der Waals surface area contributed by atoms with Gasteiger partial charge in [0.15, 0.2) is 0 Å². The van der Waals surface area contributed by atoms with Crippen LogP contribution >= 0.6 is 15.9 Å². The third-order valence-electron chi connectivity index (χ3n) is 2.78. The molecule has 0 aromatic carbocycles. The van der Waals surface area contributed by atoms with E-state index < -0.39 is 5.69 Å². The van der Waals surface area contributed by atoms with Crippen LogP contribution in [0.5, 0.6) is 0 Å². The van der Waals surface area contributed by atoms with Crippen molar-refractivity contribution in [2.24, 2.45) is 0 Å². The van der Waals surface area contributed by atoms with Crippen LogP contribution in [0.25, 0.3) is 0 Å². The van der Waals surface area contributed by atoms with Gasteiger partial charge in [-0.3, -0.25) is 14.3 Å². The number of aromatic amines is 1. The first kappa shape index (κ1) is 14.5. The van der Waals surface area contributed by atoms with Gasteiger partial charge >= 0.3 is 5.69 Å². The second kappa shape index (κ2) is 6.04. The van der Waals surface area contributed by atoms with E-state index in [1.165, 1.54) is 4.57 Å². The Morgan fingerprint density at radius 3 is 2.85 bits per heavy atom. The Hall–Kier alpha value is -1.89. The molecule has 2 N–H and O–H groups in total. The summed E-state index contributed by atoms with van der Waals surface area (Å²) in [7, 11) is 0. The first-order chi connectivity index (χ1) is 9.47. The van der Waals surface area contributed by atoms with Crippen LogP contribution in [-0.2, 0) is 6.54 Å². The average Bonchev–Trinajstić information content (AvgIpc) is 2.37. The number of nitrogens with one attached hydrogen (secondary N) is 2. The van der Waals surface area contributed by atoms with E-state index in [9.17, 15) is 9.59 Å². The number of nitrogens with zero attached hydrogens (tertiary/aromatic N) is 2. The molecule has 0 amide bonds. The highest BCUT2D eigenvalue weighted by molar-refractivity contribution is 9.10. The molecule has 2 rings (SSSR count). The molecule has 0 saturated heterocycles. The third kappa shape index (κ3) is 3.36. The lowest BCUT2D eigenvalue weighted by molar-refractivity contribution is 0.556. The molecule has 0 saturated carbocycles. The summed E-state index contributed by atoms with van der Waals surface area (Å²) in [6.07, 6.45) is 3.24. The van der Waals surface area contributed by atoms with Gasteiger partial charge in [0.05, 0.1) is 5.56 Å². The number of anilines is 1. The predicted octanol–water partition coefficient (Wildman–Crippen LogP) is 1.89. The highest BCUT2D eigenvalue weighted by Crippen LogP contribution is 2.13. The zero-order valence-corrected chi connectivity index (χ0v) is 12.8.